The van der Waals surface area contributed by atoms with E-state index in [2.05, 4.69) is 20.3 Å². The van der Waals surface area contributed by atoms with Crippen molar-refractivity contribution in [2.75, 3.05) is 44.5 Å². The first-order chi connectivity index (χ1) is 16.4. The van der Waals surface area contributed by atoms with Crippen LogP contribution in [0.4, 0.5) is 11.6 Å². The Kier molecular flexibility index (Phi) is 7.16. The third-order valence-electron chi connectivity index (χ3n) is 6.30. The molecule has 180 valence electrons. The van der Waals surface area contributed by atoms with Crippen molar-refractivity contribution >= 4 is 29.8 Å². The minimum Gasteiger partial charge on any atom is -0.381 e. The van der Waals surface area contributed by atoms with Crippen LogP contribution in [0.3, 0.4) is 0 Å². The topological polar surface area (TPSA) is 113 Å². The molecule has 0 unspecified atom stereocenters. The Morgan fingerprint density at radius 3 is 2.71 bits per heavy atom. The summed E-state index contributed by atoms with van der Waals surface area (Å²) in [7, 11) is 5.34. The number of nitrogens with zero attached hydrogens (tertiary/aromatic N) is 6. The van der Waals surface area contributed by atoms with E-state index in [0.717, 1.165) is 36.8 Å². The minimum atomic E-state index is -0.413. The van der Waals surface area contributed by atoms with Gasteiger partial charge in [-0.25, -0.2) is 9.97 Å². The number of aliphatic imine (C=N–C) groups is 1. The summed E-state index contributed by atoms with van der Waals surface area (Å²) >= 11 is 0. The van der Waals surface area contributed by atoms with Crippen LogP contribution in [0.25, 0.3) is 11.3 Å². The van der Waals surface area contributed by atoms with Gasteiger partial charge in [0, 0.05) is 39.5 Å². The maximum Gasteiger partial charge on any atom is 0.296 e. The first-order valence-electron chi connectivity index (χ1n) is 11.5. The zero-order valence-electron chi connectivity index (χ0n) is 20.1. The van der Waals surface area contributed by atoms with E-state index in [9.17, 15) is 9.59 Å². The third-order valence-corrected chi connectivity index (χ3v) is 6.30. The second kappa shape index (κ2) is 10.3. The Balaban J connectivity index is 1.57. The number of pyridine rings is 1. The van der Waals surface area contributed by atoms with E-state index in [1.165, 1.54) is 6.34 Å². The molecule has 1 N–H and O–H groups in total. The Bertz CT molecular complexity index is 1090. The molecule has 10 nitrogen and oxygen atoms in total. The lowest BCUT2D eigenvalue weighted by atomic mass is 9.87. The molecule has 1 saturated carbocycles. The molecule has 0 bridgehead atoms. The van der Waals surface area contributed by atoms with Gasteiger partial charge in [0.15, 0.2) is 11.6 Å². The van der Waals surface area contributed by atoms with Gasteiger partial charge in [-0.3, -0.25) is 19.5 Å². The second-order valence-corrected chi connectivity index (χ2v) is 9.06. The maximum atomic E-state index is 12.8. The molecule has 4 rings (SSSR count). The molecule has 0 radical (unpaired) electrons. The van der Waals surface area contributed by atoms with Gasteiger partial charge < -0.3 is 15.0 Å². The number of carbonyl (C=O) groups is 2. The van der Waals surface area contributed by atoms with Gasteiger partial charge in [0.1, 0.15) is 5.69 Å². The number of nitrogens with one attached hydrogen (secondary N) is 1. The van der Waals surface area contributed by atoms with Gasteiger partial charge in [-0.05, 0) is 50.2 Å². The summed E-state index contributed by atoms with van der Waals surface area (Å²) < 4.78 is 5.48. The number of carbonyl (C=O) groups excluding carboxylic acids is 2. The first-order valence-corrected chi connectivity index (χ1v) is 11.5. The fourth-order valence-electron chi connectivity index (χ4n) is 4.37. The molecule has 0 spiro atoms. The van der Waals surface area contributed by atoms with Crippen molar-refractivity contribution in [1.29, 1.82) is 0 Å². The number of anilines is 2. The average molecular weight is 466 g/mol. The molecule has 1 aliphatic heterocycles. The predicted molar refractivity (Wildman–Crippen MR) is 130 cm³/mol. The molecule has 1 fully saturated rings. The molecule has 2 aliphatic rings. The van der Waals surface area contributed by atoms with E-state index in [1.54, 1.807) is 49.5 Å². The Labute approximate surface area is 199 Å². The highest BCUT2D eigenvalue weighted by atomic mass is 16.5. The SMILES string of the molecule is CO[C@H]1CC[C@H](CN2C(=O)CNc3ncc(-c4cnc(C(=O)N=CN(C)C)cc4C)nc32)CC1. The molecule has 3 heterocycles. The Morgan fingerprint density at radius 2 is 2.03 bits per heavy atom. The lowest BCUT2D eigenvalue weighted by Gasteiger charge is -2.34. The van der Waals surface area contributed by atoms with Crippen molar-refractivity contribution < 1.29 is 14.3 Å². The van der Waals surface area contributed by atoms with Crippen molar-refractivity contribution in [2.24, 2.45) is 10.9 Å². The highest BCUT2D eigenvalue weighted by Crippen LogP contribution is 2.33. The summed E-state index contributed by atoms with van der Waals surface area (Å²) in [6.45, 7) is 2.72. The number of hydrogen-bond donors (Lipinski definition) is 1. The second-order valence-electron chi connectivity index (χ2n) is 9.06. The van der Waals surface area contributed by atoms with Crippen LogP contribution in [0.2, 0.25) is 0 Å². The lowest BCUT2D eigenvalue weighted by Crippen LogP contribution is -2.44. The molecule has 0 atom stereocenters. The number of fused-ring (bicyclic) bond motifs is 1. The summed E-state index contributed by atoms with van der Waals surface area (Å²) in [5.74, 6) is 1.12. The van der Waals surface area contributed by atoms with Crippen LogP contribution in [0.5, 0.6) is 0 Å². The molecule has 34 heavy (non-hydrogen) atoms. The number of methoxy groups -OCH3 is 1. The zero-order valence-corrected chi connectivity index (χ0v) is 20.1. The molecule has 2 amide bonds. The first kappa shape index (κ1) is 23.7. The van der Waals surface area contributed by atoms with Gasteiger partial charge in [-0.2, -0.15) is 4.99 Å². The summed E-state index contributed by atoms with van der Waals surface area (Å²) in [6, 6.07) is 1.70. The van der Waals surface area contributed by atoms with Crippen LogP contribution in [-0.4, -0.2) is 78.4 Å². The number of aryl methyl sites for hydroxylation is 1. The number of hydrogen-bond acceptors (Lipinski definition) is 7. The van der Waals surface area contributed by atoms with Crippen LogP contribution in [0.1, 0.15) is 41.7 Å². The zero-order chi connectivity index (χ0) is 24.2. The molecule has 0 saturated heterocycles. The van der Waals surface area contributed by atoms with Gasteiger partial charge in [-0.1, -0.05) is 0 Å². The smallest absolute Gasteiger partial charge is 0.296 e. The highest BCUT2D eigenvalue weighted by Gasteiger charge is 2.31. The average Bonchev–Trinajstić information content (AvgIpc) is 2.84. The number of ether oxygens (including phenoxy) is 1. The van der Waals surface area contributed by atoms with Crippen molar-refractivity contribution in [3.8, 4) is 11.3 Å². The van der Waals surface area contributed by atoms with Crippen LogP contribution in [0.15, 0.2) is 23.5 Å². The summed E-state index contributed by atoms with van der Waals surface area (Å²) in [5.41, 5.74) is 2.44. The van der Waals surface area contributed by atoms with Gasteiger partial charge in [-0.15, -0.1) is 0 Å². The van der Waals surface area contributed by atoms with Crippen LogP contribution >= 0.6 is 0 Å². The Hall–Kier alpha value is -3.40. The summed E-state index contributed by atoms with van der Waals surface area (Å²) in [5, 5.41) is 3.07. The van der Waals surface area contributed by atoms with E-state index in [0.29, 0.717) is 35.9 Å². The number of rotatable bonds is 6. The molecule has 1 aliphatic carbocycles. The van der Waals surface area contributed by atoms with E-state index < -0.39 is 5.91 Å². The monoisotopic (exact) mass is 465 g/mol. The lowest BCUT2D eigenvalue weighted by molar-refractivity contribution is -0.117. The van der Waals surface area contributed by atoms with E-state index in [4.69, 9.17) is 9.72 Å². The van der Waals surface area contributed by atoms with Crippen LogP contribution < -0.4 is 10.2 Å². The molecule has 10 heteroatoms. The van der Waals surface area contributed by atoms with Crippen LogP contribution in [-0.2, 0) is 9.53 Å². The molecule has 2 aromatic rings. The largest absolute Gasteiger partial charge is 0.381 e. The van der Waals surface area contributed by atoms with E-state index in [1.807, 2.05) is 6.92 Å². The maximum absolute atomic E-state index is 12.8. The standard InChI is InChI=1S/C24H31N7O3/c1-15-9-19(24(33)28-14-30(2)3)25-10-18(15)20-11-26-22-23(29-20)31(21(32)12-27-22)13-16-5-7-17(34-4)8-6-16/h9-11,14,16-17H,5-8,12-13H2,1-4H3,(H,26,27)/t16-,17-. The minimum absolute atomic E-state index is 0.0117. The van der Waals surface area contributed by atoms with E-state index >= 15 is 0 Å². The quantitative estimate of drug-likeness (QED) is 0.512. The number of amides is 2. The summed E-state index contributed by atoms with van der Waals surface area (Å²) in [4.78, 5) is 46.0. The van der Waals surface area contributed by atoms with Gasteiger partial charge in [0.25, 0.3) is 5.91 Å². The molecule has 2 aromatic heterocycles. The van der Waals surface area contributed by atoms with Crippen molar-refractivity contribution in [1.82, 2.24) is 19.9 Å². The van der Waals surface area contributed by atoms with Gasteiger partial charge in [0.2, 0.25) is 5.91 Å². The highest BCUT2D eigenvalue weighted by molar-refractivity contribution is 6.01. The fraction of sp³-hybridized carbons (Fsp3) is 0.500. The van der Waals surface area contributed by atoms with Crippen molar-refractivity contribution in [3.05, 3.63) is 29.7 Å². The Morgan fingerprint density at radius 1 is 1.26 bits per heavy atom. The molecular weight excluding hydrogens is 434 g/mol. The normalized spacial score (nSPS) is 20.2. The summed E-state index contributed by atoms with van der Waals surface area (Å²) in [6.07, 6.45) is 9.09. The van der Waals surface area contributed by atoms with Gasteiger partial charge >= 0.3 is 0 Å². The number of aromatic nitrogens is 3. The molecular formula is C24H31N7O3. The van der Waals surface area contributed by atoms with Crippen LogP contribution in [0, 0.1) is 12.8 Å². The van der Waals surface area contributed by atoms with E-state index in [-0.39, 0.29) is 18.1 Å². The fourth-order valence-corrected chi connectivity index (χ4v) is 4.37. The van der Waals surface area contributed by atoms with Crippen molar-refractivity contribution in [2.45, 2.75) is 38.7 Å². The predicted octanol–water partition coefficient (Wildman–Crippen LogP) is 2.54. The third kappa shape index (κ3) is 5.22. The molecule has 0 aromatic carbocycles. The van der Waals surface area contributed by atoms with Crippen molar-refractivity contribution in [3.63, 3.8) is 0 Å². The van der Waals surface area contributed by atoms with Gasteiger partial charge in [0.05, 0.1) is 30.9 Å².